The van der Waals surface area contributed by atoms with Gasteiger partial charge in [-0.05, 0) is 48.3 Å². The summed E-state index contributed by atoms with van der Waals surface area (Å²) in [7, 11) is 1.46. The summed E-state index contributed by atoms with van der Waals surface area (Å²) in [5, 5.41) is 0. The summed E-state index contributed by atoms with van der Waals surface area (Å²) >= 11 is 0. The van der Waals surface area contributed by atoms with Gasteiger partial charge in [-0.3, -0.25) is 9.59 Å². The van der Waals surface area contributed by atoms with E-state index in [9.17, 15) is 9.59 Å². The number of hydrogen-bond acceptors (Lipinski definition) is 3. The Balaban J connectivity index is 1.70. The van der Waals surface area contributed by atoms with Gasteiger partial charge in [-0.2, -0.15) is 0 Å². The number of benzene rings is 2. The maximum atomic E-state index is 13.5. The molecule has 0 aromatic heterocycles. The van der Waals surface area contributed by atoms with Crippen molar-refractivity contribution in [1.82, 2.24) is 4.90 Å². The van der Waals surface area contributed by atoms with Crippen molar-refractivity contribution in [2.24, 2.45) is 17.8 Å². The van der Waals surface area contributed by atoms with Gasteiger partial charge in [-0.25, -0.2) is 0 Å². The number of nitrogens with zero attached hydrogens (tertiary/aromatic N) is 1. The zero-order chi connectivity index (χ0) is 18.6. The van der Waals surface area contributed by atoms with Crippen LogP contribution in [0, 0.1) is 17.8 Å². The Morgan fingerprint density at radius 1 is 1.11 bits per heavy atom. The molecule has 3 aliphatic rings. The summed E-state index contributed by atoms with van der Waals surface area (Å²) in [5.41, 5.74) is 2.28. The average Bonchev–Trinajstić information content (AvgIpc) is 3.37. The van der Waals surface area contributed by atoms with Crippen molar-refractivity contribution in [3.8, 4) is 0 Å². The van der Waals surface area contributed by atoms with Gasteiger partial charge in [-0.1, -0.05) is 48.5 Å². The van der Waals surface area contributed by atoms with Crippen LogP contribution in [-0.2, 0) is 21.6 Å². The Bertz CT molecular complexity index is 909. The van der Waals surface area contributed by atoms with Gasteiger partial charge in [-0.15, -0.1) is 0 Å². The molecule has 2 fully saturated rings. The molecular weight excluding hydrogens is 338 g/mol. The van der Waals surface area contributed by atoms with E-state index in [1.165, 1.54) is 7.11 Å². The first-order valence-corrected chi connectivity index (χ1v) is 9.71. The Morgan fingerprint density at radius 2 is 1.85 bits per heavy atom. The fraction of sp³-hybridized carbons (Fsp3) is 0.391. The highest BCUT2D eigenvalue weighted by atomic mass is 16.5. The van der Waals surface area contributed by atoms with Gasteiger partial charge in [0.25, 0.3) is 5.91 Å². The molecule has 0 radical (unpaired) electrons. The Morgan fingerprint density at radius 3 is 2.63 bits per heavy atom. The van der Waals surface area contributed by atoms with Crippen LogP contribution in [0.15, 0.2) is 54.6 Å². The average molecular weight is 361 g/mol. The topological polar surface area (TPSA) is 46.6 Å². The standard InChI is InChI=1S/C23H23NO3/c1-27-22(26)20-16-11-12-17(13-16)23(20)19-10-6-5-9-18(19)21(25)24(23)14-15-7-3-2-4-8-15/h2-10,16-17,20H,11-14H2,1H3/t16-,17+,20-,23-/m1/s1. The van der Waals surface area contributed by atoms with Crippen LogP contribution in [0.25, 0.3) is 0 Å². The number of esters is 1. The van der Waals surface area contributed by atoms with E-state index in [0.717, 1.165) is 36.0 Å². The fourth-order valence-electron chi connectivity index (χ4n) is 6.05. The number of fused-ring (bicyclic) bond motifs is 5. The first kappa shape index (κ1) is 16.5. The highest BCUT2D eigenvalue weighted by Crippen LogP contribution is 2.65. The molecule has 2 aliphatic carbocycles. The molecule has 1 spiro atoms. The molecule has 27 heavy (non-hydrogen) atoms. The molecule has 0 saturated heterocycles. The third kappa shape index (κ3) is 2.10. The van der Waals surface area contributed by atoms with Crippen molar-refractivity contribution < 1.29 is 14.3 Å². The first-order chi connectivity index (χ1) is 13.2. The van der Waals surface area contributed by atoms with Gasteiger partial charge in [0.2, 0.25) is 0 Å². The number of carbonyl (C=O) groups is 2. The van der Waals surface area contributed by atoms with Crippen molar-refractivity contribution in [3.05, 3.63) is 71.3 Å². The molecule has 2 bridgehead atoms. The molecule has 4 nitrogen and oxygen atoms in total. The molecule has 2 aromatic rings. The molecule has 1 heterocycles. The van der Waals surface area contributed by atoms with Crippen LogP contribution >= 0.6 is 0 Å². The SMILES string of the molecule is COC(=O)[C@H]1[C@@H]2CC[C@@H](C2)[C@@]12c1ccccc1C(=O)N2Cc1ccccc1. The maximum absolute atomic E-state index is 13.5. The van der Waals surface area contributed by atoms with Crippen LogP contribution in [0.5, 0.6) is 0 Å². The van der Waals surface area contributed by atoms with Crippen molar-refractivity contribution in [3.63, 3.8) is 0 Å². The predicted octanol–water partition coefficient (Wildman–Crippen LogP) is 3.76. The highest BCUT2D eigenvalue weighted by Gasteiger charge is 2.68. The lowest BCUT2D eigenvalue weighted by Gasteiger charge is -2.46. The van der Waals surface area contributed by atoms with Crippen molar-refractivity contribution >= 4 is 11.9 Å². The fourth-order valence-corrected chi connectivity index (χ4v) is 6.05. The molecule has 0 N–H and O–H groups in total. The van der Waals surface area contributed by atoms with Crippen LogP contribution in [-0.4, -0.2) is 23.9 Å². The molecule has 5 rings (SSSR count). The number of methoxy groups -OCH3 is 1. The molecule has 2 saturated carbocycles. The predicted molar refractivity (Wildman–Crippen MR) is 101 cm³/mol. The Hall–Kier alpha value is -2.62. The number of ether oxygens (including phenoxy) is 1. The second-order valence-corrected chi connectivity index (χ2v) is 8.02. The summed E-state index contributed by atoms with van der Waals surface area (Å²) in [4.78, 5) is 28.4. The molecule has 138 valence electrons. The number of amides is 1. The second kappa shape index (κ2) is 5.95. The third-order valence-electron chi connectivity index (χ3n) is 6.96. The van der Waals surface area contributed by atoms with Crippen molar-refractivity contribution in [1.29, 1.82) is 0 Å². The van der Waals surface area contributed by atoms with Crippen molar-refractivity contribution in [2.45, 2.75) is 31.3 Å². The zero-order valence-corrected chi connectivity index (χ0v) is 15.4. The lowest BCUT2D eigenvalue weighted by atomic mass is 9.68. The third-order valence-corrected chi connectivity index (χ3v) is 6.96. The van der Waals surface area contributed by atoms with Crippen LogP contribution < -0.4 is 0 Å². The number of carbonyl (C=O) groups excluding carboxylic acids is 2. The van der Waals surface area contributed by atoms with Gasteiger partial charge in [0.05, 0.1) is 18.6 Å². The van der Waals surface area contributed by atoms with Crippen LogP contribution in [0.3, 0.4) is 0 Å². The second-order valence-electron chi connectivity index (χ2n) is 8.02. The van der Waals surface area contributed by atoms with Crippen LogP contribution in [0.1, 0.15) is 40.7 Å². The van der Waals surface area contributed by atoms with E-state index in [0.29, 0.717) is 18.4 Å². The van der Waals surface area contributed by atoms with E-state index in [2.05, 4.69) is 6.07 Å². The van der Waals surface area contributed by atoms with Gasteiger partial charge in [0.15, 0.2) is 0 Å². The van der Waals surface area contributed by atoms with E-state index < -0.39 is 5.54 Å². The molecule has 4 heteroatoms. The van der Waals surface area contributed by atoms with Gasteiger partial charge in [0, 0.05) is 12.1 Å². The van der Waals surface area contributed by atoms with E-state index in [-0.39, 0.29) is 17.8 Å². The maximum Gasteiger partial charge on any atom is 0.311 e. The molecular formula is C23H23NO3. The van der Waals surface area contributed by atoms with Gasteiger partial charge < -0.3 is 9.64 Å². The minimum atomic E-state index is -0.570. The molecule has 1 aliphatic heterocycles. The van der Waals surface area contributed by atoms with Crippen molar-refractivity contribution in [2.75, 3.05) is 7.11 Å². The molecule has 4 atom stereocenters. The van der Waals surface area contributed by atoms with E-state index in [1.807, 2.05) is 53.4 Å². The van der Waals surface area contributed by atoms with E-state index >= 15 is 0 Å². The normalized spacial score (nSPS) is 30.8. The monoisotopic (exact) mass is 361 g/mol. The van der Waals surface area contributed by atoms with Crippen LogP contribution in [0.4, 0.5) is 0 Å². The molecule has 1 amide bonds. The molecule has 2 aromatic carbocycles. The largest absolute Gasteiger partial charge is 0.469 e. The summed E-state index contributed by atoms with van der Waals surface area (Å²) in [6.07, 6.45) is 3.10. The smallest absolute Gasteiger partial charge is 0.311 e. The van der Waals surface area contributed by atoms with Gasteiger partial charge >= 0.3 is 5.97 Å². The first-order valence-electron chi connectivity index (χ1n) is 9.71. The summed E-state index contributed by atoms with van der Waals surface area (Å²) in [5.74, 6) is 0.181. The highest BCUT2D eigenvalue weighted by molar-refractivity contribution is 6.01. The number of hydrogen-bond donors (Lipinski definition) is 0. The Kier molecular flexibility index (Phi) is 3.64. The summed E-state index contributed by atoms with van der Waals surface area (Å²) in [6, 6.07) is 17.9. The minimum absolute atomic E-state index is 0.0379. The molecule has 0 unspecified atom stereocenters. The number of rotatable bonds is 3. The zero-order valence-electron chi connectivity index (χ0n) is 15.4. The lowest BCUT2D eigenvalue weighted by molar-refractivity contribution is -0.154. The minimum Gasteiger partial charge on any atom is -0.469 e. The van der Waals surface area contributed by atoms with E-state index in [1.54, 1.807) is 0 Å². The quantitative estimate of drug-likeness (QED) is 0.782. The van der Waals surface area contributed by atoms with Crippen LogP contribution in [0.2, 0.25) is 0 Å². The summed E-state index contributed by atoms with van der Waals surface area (Å²) < 4.78 is 5.25. The lowest BCUT2D eigenvalue weighted by Crippen LogP contribution is -2.54. The van der Waals surface area contributed by atoms with Gasteiger partial charge in [0.1, 0.15) is 0 Å². The van der Waals surface area contributed by atoms with E-state index in [4.69, 9.17) is 4.74 Å². The Labute approximate surface area is 159 Å². The summed E-state index contributed by atoms with van der Waals surface area (Å²) in [6.45, 7) is 0.519.